The summed E-state index contributed by atoms with van der Waals surface area (Å²) in [5.74, 6) is 1.10. The summed E-state index contributed by atoms with van der Waals surface area (Å²) in [5, 5.41) is 7.04. The SMILES string of the molecule is C=CCC(CC)CCNCc1noc(-c2cccc(C(F)(F)F)c2)n1. The van der Waals surface area contributed by atoms with Gasteiger partial charge in [0.25, 0.3) is 5.89 Å². The van der Waals surface area contributed by atoms with Crippen LogP contribution < -0.4 is 5.32 Å². The molecular formula is C18H22F3N3O. The number of rotatable bonds is 9. The molecule has 1 unspecified atom stereocenters. The lowest BCUT2D eigenvalue weighted by Gasteiger charge is -2.11. The lowest BCUT2D eigenvalue weighted by Crippen LogP contribution is -2.18. The molecule has 136 valence electrons. The molecule has 0 saturated heterocycles. The zero-order valence-electron chi connectivity index (χ0n) is 14.1. The first-order chi connectivity index (χ1) is 11.9. The van der Waals surface area contributed by atoms with Gasteiger partial charge in [-0.05, 0) is 43.5 Å². The van der Waals surface area contributed by atoms with E-state index >= 15 is 0 Å². The molecule has 0 aliphatic heterocycles. The van der Waals surface area contributed by atoms with Gasteiger partial charge in [0, 0.05) is 5.56 Å². The summed E-state index contributed by atoms with van der Waals surface area (Å²) in [7, 11) is 0. The van der Waals surface area contributed by atoms with E-state index in [1.807, 2.05) is 6.08 Å². The fraction of sp³-hybridized carbons (Fsp3) is 0.444. The number of halogens is 3. The van der Waals surface area contributed by atoms with Gasteiger partial charge in [-0.25, -0.2) is 0 Å². The monoisotopic (exact) mass is 353 g/mol. The predicted molar refractivity (Wildman–Crippen MR) is 89.7 cm³/mol. The normalized spacial score (nSPS) is 13.0. The van der Waals surface area contributed by atoms with Crippen LogP contribution in [0.25, 0.3) is 11.5 Å². The van der Waals surface area contributed by atoms with Crippen LogP contribution in [0.1, 0.15) is 37.6 Å². The molecule has 2 rings (SSSR count). The third-order valence-electron chi connectivity index (χ3n) is 3.99. The number of aromatic nitrogens is 2. The Morgan fingerprint density at radius 2 is 2.16 bits per heavy atom. The summed E-state index contributed by atoms with van der Waals surface area (Å²) >= 11 is 0. The van der Waals surface area contributed by atoms with Crippen molar-refractivity contribution in [2.75, 3.05) is 6.54 Å². The molecule has 1 atom stereocenters. The van der Waals surface area contributed by atoms with Crippen LogP contribution >= 0.6 is 0 Å². The molecule has 2 aromatic rings. The van der Waals surface area contributed by atoms with E-state index in [1.54, 1.807) is 0 Å². The van der Waals surface area contributed by atoms with Gasteiger partial charge in [-0.15, -0.1) is 6.58 Å². The maximum atomic E-state index is 12.8. The van der Waals surface area contributed by atoms with Crippen LogP contribution in [0.3, 0.4) is 0 Å². The number of hydrogen-bond donors (Lipinski definition) is 1. The minimum Gasteiger partial charge on any atom is -0.334 e. The Kier molecular flexibility index (Phi) is 6.75. The van der Waals surface area contributed by atoms with Crippen molar-refractivity contribution in [2.24, 2.45) is 5.92 Å². The van der Waals surface area contributed by atoms with Crippen molar-refractivity contribution in [1.82, 2.24) is 15.5 Å². The quantitative estimate of drug-likeness (QED) is 0.518. The first-order valence-corrected chi connectivity index (χ1v) is 8.25. The van der Waals surface area contributed by atoms with Crippen LogP contribution in [0.5, 0.6) is 0 Å². The summed E-state index contributed by atoms with van der Waals surface area (Å²) in [6.07, 6.45) is 0.618. The number of alkyl halides is 3. The number of nitrogens with zero attached hydrogens (tertiary/aromatic N) is 2. The second kappa shape index (κ2) is 8.80. The molecule has 1 N–H and O–H groups in total. The lowest BCUT2D eigenvalue weighted by molar-refractivity contribution is -0.137. The highest BCUT2D eigenvalue weighted by atomic mass is 19.4. The second-order valence-corrected chi connectivity index (χ2v) is 5.86. The first kappa shape index (κ1) is 19.2. The maximum Gasteiger partial charge on any atom is 0.416 e. The third-order valence-corrected chi connectivity index (χ3v) is 3.99. The molecule has 4 nitrogen and oxygen atoms in total. The van der Waals surface area contributed by atoms with Gasteiger partial charge in [-0.3, -0.25) is 0 Å². The largest absolute Gasteiger partial charge is 0.416 e. The zero-order chi connectivity index (χ0) is 18.3. The van der Waals surface area contributed by atoms with Crippen molar-refractivity contribution in [3.63, 3.8) is 0 Å². The summed E-state index contributed by atoms with van der Waals surface area (Å²) in [4.78, 5) is 4.15. The second-order valence-electron chi connectivity index (χ2n) is 5.86. The molecular weight excluding hydrogens is 331 g/mol. The average Bonchev–Trinajstić information content (AvgIpc) is 3.06. The molecule has 0 spiro atoms. The van der Waals surface area contributed by atoms with Crippen LogP contribution in [0.15, 0.2) is 41.4 Å². The summed E-state index contributed by atoms with van der Waals surface area (Å²) in [6, 6.07) is 4.85. The van der Waals surface area contributed by atoms with Gasteiger partial charge in [0.15, 0.2) is 5.82 Å². The van der Waals surface area contributed by atoms with Crippen LogP contribution in [-0.2, 0) is 12.7 Å². The molecule has 0 aliphatic rings. The van der Waals surface area contributed by atoms with E-state index in [1.165, 1.54) is 12.1 Å². The molecule has 0 radical (unpaired) electrons. The molecule has 1 aromatic carbocycles. The van der Waals surface area contributed by atoms with Crippen molar-refractivity contribution in [1.29, 1.82) is 0 Å². The maximum absolute atomic E-state index is 12.8. The molecule has 7 heteroatoms. The lowest BCUT2D eigenvalue weighted by atomic mass is 9.99. The van der Waals surface area contributed by atoms with E-state index in [-0.39, 0.29) is 11.5 Å². The van der Waals surface area contributed by atoms with E-state index in [0.29, 0.717) is 18.3 Å². The fourth-order valence-corrected chi connectivity index (χ4v) is 2.50. The topological polar surface area (TPSA) is 51.0 Å². The Balaban J connectivity index is 1.91. The van der Waals surface area contributed by atoms with E-state index < -0.39 is 11.7 Å². The van der Waals surface area contributed by atoms with E-state index in [9.17, 15) is 13.2 Å². The van der Waals surface area contributed by atoms with Crippen LogP contribution in [0.4, 0.5) is 13.2 Å². The van der Waals surface area contributed by atoms with Gasteiger partial charge >= 0.3 is 6.18 Å². The van der Waals surface area contributed by atoms with Gasteiger partial charge in [0.05, 0.1) is 12.1 Å². The molecule has 1 aromatic heterocycles. The molecule has 0 bridgehead atoms. The van der Waals surface area contributed by atoms with Gasteiger partial charge in [-0.1, -0.05) is 30.6 Å². The molecule has 0 saturated carbocycles. The number of nitrogens with one attached hydrogen (secondary N) is 1. The Bertz CT molecular complexity index is 682. The van der Waals surface area contributed by atoms with Crippen molar-refractivity contribution in [3.8, 4) is 11.5 Å². The standard InChI is InChI=1S/C18H22F3N3O/c1-3-6-13(4-2)9-10-22-12-16-23-17(25-24-16)14-7-5-8-15(11-14)18(19,20)21/h3,5,7-8,11,13,22H,1,4,6,9-10,12H2,2H3. The summed E-state index contributed by atoms with van der Waals surface area (Å²) in [6.45, 7) is 7.12. The van der Waals surface area contributed by atoms with Crippen molar-refractivity contribution >= 4 is 0 Å². The summed E-state index contributed by atoms with van der Waals surface area (Å²) < 4.78 is 43.4. The minimum atomic E-state index is -4.40. The molecule has 1 heterocycles. The molecule has 0 aliphatic carbocycles. The Morgan fingerprint density at radius 3 is 2.84 bits per heavy atom. The van der Waals surface area contributed by atoms with Crippen LogP contribution in [0.2, 0.25) is 0 Å². The first-order valence-electron chi connectivity index (χ1n) is 8.25. The minimum absolute atomic E-state index is 0.0843. The Labute approximate surface area is 145 Å². The van der Waals surface area contributed by atoms with E-state index in [2.05, 4.69) is 29.0 Å². The highest BCUT2D eigenvalue weighted by molar-refractivity contribution is 5.54. The van der Waals surface area contributed by atoms with Crippen molar-refractivity contribution in [2.45, 2.75) is 38.9 Å². The average molecular weight is 353 g/mol. The Morgan fingerprint density at radius 1 is 1.36 bits per heavy atom. The highest BCUT2D eigenvalue weighted by Crippen LogP contribution is 2.31. The predicted octanol–water partition coefficient (Wildman–Crippen LogP) is 4.84. The van der Waals surface area contributed by atoms with E-state index in [0.717, 1.165) is 37.9 Å². The molecule has 0 amide bonds. The third kappa shape index (κ3) is 5.70. The smallest absolute Gasteiger partial charge is 0.334 e. The van der Waals surface area contributed by atoms with Gasteiger partial charge in [0.1, 0.15) is 0 Å². The number of benzene rings is 1. The number of hydrogen-bond acceptors (Lipinski definition) is 4. The van der Waals surface area contributed by atoms with E-state index in [4.69, 9.17) is 4.52 Å². The van der Waals surface area contributed by atoms with Crippen molar-refractivity contribution < 1.29 is 17.7 Å². The van der Waals surface area contributed by atoms with Crippen LogP contribution in [-0.4, -0.2) is 16.7 Å². The molecule has 0 fully saturated rings. The van der Waals surface area contributed by atoms with Crippen molar-refractivity contribution in [3.05, 3.63) is 48.3 Å². The zero-order valence-corrected chi connectivity index (χ0v) is 14.1. The Hall–Kier alpha value is -2.15. The molecule has 25 heavy (non-hydrogen) atoms. The van der Waals surface area contributed by atoms with Gasteiger partial charge < -0.3 is 9.84 Å². The van der Waals surface area contributed by atoms with Gasteiger partial charge in [-0.2, -0.15) is 18.2 Å². The number of allylic oxidation sites excluding steroid dienone is 1. The fourth-order valence-electron chi connectivity index (χ4n) is 2.50. The van der Waals surface area contributed by atoms with Gasteiger partial charge in [0.2, 0.25) is 0 Å². The summed E-state index contributed by atoms with van der Waals surface area (Å²) in [5.41, 5.74) is -0.485. The van der Waals surface area contributed by atoms with Crippen LogP contribution in [0, 0.1) is 5.92 Å². The highest BCUT2D eigenvalue weighted by Gasteiger charge is 2.30.